The van der Waals surface area contributed by atoms with Crippen LogP contribution in [0.3, 0.4) is 0 Å². The van der Waals surface area contributed by atoms with E-state index in [-0.39, 0.29) is 5.91 Å². The lowest BCUT2D eigenvalue weighted by molar-refractivity contribution is -0.118. The van der Waals surface area contributed by atoms with Crippen molar-refractivity contribution in [2.24, 2.45) is 0 Å². The molecule has 0 spiro atoms. The van der Waals surface area contributed by atoms with E-state index < -0.39 is 0 Å². The monoisotopic (exact) mass is 272 g/mol. The maximum Gasteiger partial charge on any atom is 0.216 e. The van der Waals surface area contributed by atoms with Crippen molar-refractivity contribution in [3.8, 4) is 0 Å². The van der Waals surface area contributed by atoms with Crippen molar-refractivity contribution >= 4 is 17.5 Å². The van der Waals surface area contributed by atoms with Crippen LogP contribution in [-0.4, -0.2) is 29.0 Å². The van der Waals surface area contributed by atoms with Crippen LogP contribution in [0.5, 0.6) is 0 Å². The van der Waals surface area contributed by atoms with Crippen LogP contribution < -0.4 is 10.6 Å². The minimum Gasteiger partial charge on any atom is -0.355 e. The van der Waals surface area contributed by atoms with Crippen LogP contribution in [0.1, 0.15) is 38.2 Å². The highest BCUT2D eigenvalue weighted by atomic mass is 35.5. The normalized spacial score (nSPS) is 10.6. The van der Waals surface area contributed by atoms with Gasteiger partial charge in [0.05, 0.1) is 5.69 Å². The molecule has 0 saturated carbocycles. The van der Waals surface area contributed by atoms with Crippen molar-refractivity contribution in [1.82, 2.24) is 20.6 Å². The summed E-state index contributed by atoms with van der Waals surface area (Å²) < 4.78 is 0. The molecule has 0 bridgehead atoms. The van der Waals surface area contributed by atoms with Gasteiger partial charge in [-0.3, -0.25) is 4.79 Å². The third-order valence-electron chi connectivity index (χ3n) is 2.52. The van der Waals surface area contributed by atoms with Gasteiger partial charge in [-0.2, -0.15) is 0 Å². The number of aryl methyl sites for hydroxylation is 1. The van der Waals surface area contributed by atoms with Crippen molar-refractivity contribution in [3.63, 3.8) is 0 Å². The Morgan fingerprint density at radius 2 is 2.22 bits per heavy atom. The minimum atomic E-state index is -0.0155. The highest BCUT2D eigenvalue weighted by Gasteiger charge is 2.07. The van der Waals surface area contributed by atoms with Crippen molar-refractivity contribution in [2.75, 3.05) is 13.1 Å². The van der Waals surface area contributed by atoms with Crippen LogP contribution >= 0.6 is 11.6 Å². The SMILES string of the molecule is CCCCc1nc(Cl)c(CNCCNC(C)=O)[nH]1. The molecule has 3 N–H and O–H groups in total. The molecule has 1 rings (SSSR count). The number of imidazole rings is 1. The van der Waals surface area contributed by atoms with E-state index in [0.29, 0.717) is 24.8 Å². The second-order valence-electron chi connectivity index (χ2n) is 4.22. The highest BCUT2D eigenvalue weighted by molar-refractivity contribution is 6.30. The lowest BCUT2D eigenvalue weighted by atomic mass is 10.2. The number of unbranched alkanes of at least 4 members (excludes halogenated alkanes) is 1. The summed E-state index contributed by atoms with van der Waals surface area (Å²) in [5, 5.41) is 6.45. The zero-order chi connectivity index (χ0) is 13.4. The number of rotatable bonds is 8. The summed E-state index contributed by atoms with van der Waals surface area (Å²) in [6.07, 6.45) is 3.18. The molecule has 18 heavy (non-hydrogen) atoms. The summed E-state index contributed by atoms with van der Waals surface area (Å²) in [5.41, 5.74) is 0.908. The number of halogens is 1. The Balaban J connectivity index is 2.28. The molecule has 0 aliphatic rings. The maximum atomic E-state index is 10.7. The molecule has 1 amide bonds. The molecular formula is C12H21ClN4O. The van der Waals surface area contributed by atoms with Crippen molar-refractivity contribution in [1.29, 1.82) is 0 Å². The molecule has 0 aliphatic carbocycles. The number of hydrogen-bond donors (Lipinski definition) is 3. The first kappa shape index (κ1) is 15.0. The fourth-order valence-electron chi connectivity index (χ4n) is 1.56. The summed E-state index contributed by atoms with van der Waals surface area (Å²) in [7, 11) is 0. The first-order valence-electron chi connectivity index (χ1n) is 6.32. The Labute approximate surface area is 113 Å². The molecule has 0 aromatic carbocycles. The van der Waals surface area contributed by atoms with Gasteiger partial charge in [-0.15, -0.1) is 0 Å². The number of amides is 1. The molecule has 0 fully saturated rings. The molecule has 1 aromatic heterocycles. The Bertz CT molecular complexity index is 378. The van der Waals surface area contributed by atoms with Crippen LogP contribution in [0.15, 0.2) is 0 Å². The van der Waals surface area contributed by atoms with Gasteiger partial charge in [-0.1, -0.05) is 24.9 Å². The molecule has 1 heterocycles. The summed E-state index contributed by atoms with van der Waals surface area (Å²) >= 11 is 6.04. The second kappa shape index (κ2) is 8.11. The first-order valence-corrected chi connectivity index (χ1v) is 6.69. The molecule has 6 heteroatoms. The van der Waals surface area contributed by atoms with E-state index in [4.69, 9.17) is 11.6 Å². The average molecular weight is 273 g/mol. The number of hydrogen-bond acceptors (Lipinski definition) is 3. The van der Waals surface area contributed by atoms with E-state index in [9.17, 15) is 4.79 Å². The van der Waals surface area contributed by atoms with Gasteiger partial charge in [-0.05, 0) is 6.42 Å². The number of nitrogens with zero attached hydrogens (tertiary/aromatic N) is 1. The van der Waals surface area contributed by atoms with Gasteiger partial charge in [0.25, 0.3) is 0 Å². The van der Waals surface area contributed by atoms with Crippen molar-refractivity contribution < 1.29 is 4.79 Å². The Morgan fingerprint density at radius 3 is 2.89 bits per heavy atom. The van der Waals surface area contributed by atoms with E-state index in [1.165, 1.54) is 6.92 Å². The van der Waals surface area contributed by atoms with Gasteiger partial charge in [-0.25, -0.2) is 4.98 Å². The quantitative estimate of drug-likeness (QED) is 0.630. The smallest absolute Gasteiger partial charge is 0.216 e. The zero-order valence-corrected chi connectivity index (χ0v) is 11.7. The van der Waals surface area contributed by atoms with Crippen LogP contribution in [0.25, 0.3) is 0 Å². The zero-order valence-electron chi connectivity index (χ0n) is 11.0. The number of H-pyrrole nitrogens is 1. The number of nitrogens with one attached hydrogen (secondary N) is 3. The number of aromatic amines is 1. The molecule has 0 unspecified atom stereocenters. The van der Waals surface area contributed by atoms with Crippen molar-refractivity contribution in [3.05, 3.63) is 16.7 Å². The fraction of sp³-hybridized carbons (Fsp3) is 0.667. The van der Waals surface area contributed by atoms with Crippen molar-refractivity contribution in [2.45, 2.75) is 39.7 Å². The predicted molar refractivity (Wildman–Crippen MR) is 72.6 cm³/mol. The van der Waals surface area contributed by atoms with E-state index in [1.807, 2.05) is 0 Å². The highest BCUT2D eigenvalue weighted by Crippen LogP contribution is 2.13. The molecule has 102 valence electrons. The van der Waals surface area contributed by atoms with Crippen LogP contribution in [0.4, 0.5) is 0 Å². The van der Waals surface area contributed by atoms with E-state index in [1.54, 1.807) is 0 Å². The standard InChI is InChI=1S/C12H21ClN4O/c1-3-4-5-11-16-10(12(13)17-11)8-14-6-7-15-9(2)18/h14H,3-8H2,1-2H3,(H,15,18)(H,16,17). The van der Waals surface area contributed by atoms with Gasteiger partial charge in [0.1, 0.15) is 5.82 Å². The van der Waals surface area contributed by atoms with E-state index in [2.05, 4.69) is 27.5 Å². The van der Waals surface area contributed by atoms with Crippen LogP contribution in [0.2, 0.25) is 5.15 Å². The molecule has 0 aliphatic heterocycles. The first-order chi connectivity index (χ1) is 8.63. The third kappa shape index (κ3) is 5.51. The summed E-state index contributed by atoms with van der Waals surface area (Å²) in [5.74, 6) is 0.929. The second-order valence-corrected chi connectivity index (χ2v) is 4.57. The average Bonchev–Trinajstić information content (AvgIpc) is 2.67. The molecule has 0 atom stereocenters. The van der Waals surface area contributed by atoms with Gasteiger partial charge in [0.2, 0.25) is 5.91 Å². The summed E-state index contributed by atoms with van der Waals surface area (Å²) in [6, 6.07) is 0. The van der Waals surface area contributed by atoms with E-state index >= 15 is 0 Å². The van der Waals surface area contributed by atoms with Gasteiger partial charge < -0.3 is 15.6 Å². The molecule has 5 nitrogen and oxygen atoms in total. The van der Waals surface area contributed by atoms with E-state index in [0.717, 1.165) is 30.8 Å². The third-order valence-corrected chi connectivity index (χ3v) is 2.83. The van der Waals surface area contributed by atoms with Crippen LogP contribution in [0, 0.1) is 0 Å². The fourth-order valence-corrected chi connectivity index (χ4v) is 1.78. The van der Waals surface area contributed by atoms with Gasteiger partial charge >= 0.3 is 0 Å². The summed E-state index contributed by atoms with van der Waals surface area (Å²) in [6.45, 7) is 5.61. The van der Waals surface area contributed by atoms with Crippen LogP contribution in [-0.2, 0) is 17.8 Å². The minimum absolute atomic E-state index is 0.0155. The number of carbonyl (C=O) groups excluding carboxylic acids is 1. The molecule has 0 radical (unpaired) electrons. The maximum absolute atomic E-state index is 10.7. The Hall–Kier alpha value is -1.07. The largest absolute Gasteiger partial charge is 0.355 e. The number of carbonyl (C=O) groups is 1. The number of aromatic nitrogens is 2. The Kier molecular flexibility index (Phi) is 6.75. The molecular weight excluding hydrogens is 252 g/mol. The lowest BCUT2D eigenvalue weighted by Crippen LogP contribution is -2.30. The topological polar surface area (TPSA) is 69.8 Å². The Morgan fingerprint density at radius 1 is 1.44 bits per heavy atom. The van der Waals surface area contributed by atoms with Gasteiger partial charge in [0, 0.05) is 33.0 Å². The summed E-state index contributed by atoms with van der Waals surface area (Å²) in [4.78, 5) is 18.2. The lowest BCUT2D eigenvalue weighted by Gasteiger charge is -2.04. The molecule has 1 aromatic rings. The van der Waals surface area contributed by atoms with Gasteiger partial charge in [0.15, 0.2) is 5.15 Å². The molecule has 0 saturated heterocycles. The predicted octanol–water partition coefficient (Wildman–Crippen LogP) is 1.63.